The number of hydrogen-bond donors (Lipinski definition) is 3. The number of anilines is 1. The number of hydrogen-bond acceptors (Lipinski definition) is 3. The number of ether oxygens (including phenoxy) is 1. The third kappa shape index (κ3) is 5.28. The fraction of sp³-hybridized carbons (Fsp3) is 0.176. The fourth-order valence-electron chi connectivity index (χ4n) is 1.94. The maximum atomic E-state index is 12.9. The Hall–Kier alpha value is -3.09. The summed E-state index contributed by atoms with van der Waals surface area (Å²) in [4.78, 5) is 22.7. The fourth-order valence-corrected chi connectivity index (χ4v) is 1.94. The van der Waals surface area contributed by atoms with Gasteiger partial charge in [-0.05, 0) is 36.8 Å². The lowest BCUT2D eigenvalue weighted by Crippen LogP contribution is -2.44. The summed E-state index contributed by atoms with van der Waals surface area (Å²) in [7, 11) is 0. The maximum absolute atomic E-state index is 12.9. The molecule has 2 aromatic carbocycles. The van der Waals surface area contributed by atoms with Crippen LogP contribution >= 0.6 is 0 Å². The Bertz CT molecular complexity index is 719. The minimum absolute atomic E-state index is 0.275. The van der Waals surface area contributed by atoms with Crippen LogP contribution < -0.4 is 21.1 Å². The van der Waals surface area contributed by atoms with E-state index in [1.54, 1.807) is 36.4 Å². The van der Waals surface area contributed by atoms with E-state index in [0.717, 1.165) is 5.56 Å². The molecule has 7 heteroatoms. The lowest BCUT2D eigenvalue weighted by molar-refractivity contribution is -0.117. The molecule has 0 aliphatic heterocycles. The summed E-state index contributed by atoms with van der Waals surface area (Å²) in [6.07, 6.45) is 0. The summed E-state index contributed by atoms with van der Waals surface area (Å²) in [6, 6.07) is 11.3. The Balaban J connectivity index is 1.94. The van der Waals surface area contributed by atoms with Crippen molar-refractivity contribution in [2.24, 2.45) is 5.73 Å². The number of nitrogens with one attached hydrogen (secondary N) is 2. The predicted octanol–water partition coefficient (Wildman–Crippen LogP) is 2.40. The van der Waals surface area contributed by atoms with Gasteiger partial charge in [0.2, 0.25) is 5.91 Å². The lowest BCUT2D eigenvalue weighted by Gasteiger charge is -2.13. The van der Waals surface area contributed by atoms with Gasteiger partial charge >= 0.3 is 6.03 Å². The number of urea groups is 1. The average Bonchev–Trinajstić information content (AvgIpc) is 2.54. The zero-order chi connectivity index (χ0) is 17.5. The zero-order valence-corrected chi connectivity index (χ0v) is 13.1. The Morgan fingerprint density at radius 2 is 1.92 bits per heavy atom. The van der Waals surface area contributed by atoms with E-state index in [9.17, 15) is 14.0 Å². The van der Waals surface area contributed by atoms with Crippen molar-refractivity contribution in [3.63, 3.8) is 0 Å². The summed E-state index contributed by atoms with van der Waals surface area (Å²) in [5, 5.41) is 4.95. The van der Waals surface area contributed by atoms with E-state index >= 15 is 0 Å². The minimum atomic E-state index is -0.769. The van der Waals surface area contributed by atoms with Gasteiger partial charge in [0.15, 0.2) is 0 Å². The third-order valence-corrected chi connectivity index (χ3v) is 3.17. The van der Waals surface area contributed by atoms with Crippen molar-refractivity contribution < 1.29 is 18.7 Å². The minimum Gasteiger partial charge on any atom is -0.489 e. The van der Waals surface area contributed by atoms with Gasteiger partial charge in [0.05, 0.1) is 0 Å². The standard InChI is InChI=1S/C17H18FN3O3/c1-11(20-17(19)23)16(22)21-14-3-2-4-15(9-14)24-10-12-5-7-13(18)8-6-12/h2-9,11H,10H2,1H3,(H,21,22)(H3,19,20,23)/t11-/m1/s1. The second-order valence-electron chi connectivity index (χ2n) is 5.16. The Kier molecular flexibility index (Phi) is 5.73. The van der Waals surface area contributed by atoms with E-state index in [1.807, 2.05) is 0 Å². The molecule has 0 unspecified atom stereocenters. The lowest BCUT2D eigenvalue weighted by atomic mass is 10.2. The first-order valence-corrected chi connectivity index (χ1v) is 7.28. The molecule has 0 radical (unpaired) electrons. The molecule has 24 heavy (non-hydrogen) atoms. The molecule has 0 heterocycles. The normalized spacial score (nSPS) is 11.4. The quantitative estimate of drug-likeness (QED) is 0.759. The average molecular weight is 331 g/mol. The summed E-state index contributed by atoms with van der Waals surface area (Å²) in [5.41, 5.74) is 6.33. The highest BCUT2D eigenvalue weighted by atomic mass is 19.1. The maximum Gasteiger partial charge on any atom is 0.312 e. The largest absolute Gasteiger partial charge is 0.489 e. The van der Waals surface area contributed by atoms with Gasteiger partial charge in [-0.2, -0.15) is 0 Å². The molecule has 126 valence electrons. The third-order valence-electron chi connectivity index (χ3n) is 3.17. The van der Waals surface area contributed by atoms with Gasteiger partial charge in [0.25, 0.3) is 0 Å². The summed E-state index contributed by atoms with van der Waals surface area (Å²) >= 11 is 0. The molecule has 2 rings (SSSR count). The molecule has 0 saturated carbocycles. The molecule has 0 aromatic heterocycles. The van der Waals surface area contributed by atoms with E-state index in [1.165, 1.54) is 19.1 Å². The Labute approximate surface area is 138 Å². The van der Waals surface area contributed by atoms with Crippen LogP contribution in [0.1, 0.15) is 12.5 Å². The van der Waals surface area contributed by atoms with Crippen LogP contribution in [0.4, 0.5) is 14.9 Å². The molecule has 0 fully saturated rings. The molecule has 0 aliphatic carbocycles. The van der Waals surface area contributed by atoms with Crippen LogP contribution in [0.25, 0.3) is 0 Å². The second-order valence-corrected chi connectivity index (χ2v) is 5.16. The van der Waals surface area contributed by atoms with Crippen molar-refractivity contribution >= 4 is 17.6 Å². The molecule has 0 saturated heterocycles. The Morgan fingerprint density at radius 1 is 1.21 bits per heavy atom. The number of benzene rings is 2. The van der Waals surface area contributed by atoms with Crippen LogP contribution in [-0.2, 0) is 11.4 Å². The van der Waals surface area contributed by atoms with Gasteiger partial charge in [0, 0.05) is 11.8 Å². The summed E-state index contributed by atoms with van der Waals surface area (Å²) in [5.74, 6) is -0.153. The number of rotatable bonds is 6. The number of primary amides is 1. The Morgan fingerprint density at radius 3 is 2.58 bits per heavy atom. The van der Waals surface area contributed by atoms with Gasteiger partial charge in [-0.3, -0.25) is 4.79 Å². The topological polar surface area (TPSA) is 93.5 Å². The van der Waals surface area contributed by atoms with Crippen molar-refractivity contribution in [1.82, 2.24) is 5.32 Å². The molecule has 0 bridgehead atoms. The molecule has 4 N–H and O–H groups in total. The number of nitrogens with two attached hydrogens (primary N) is 1. The summed E-state index contributed by atoms with van der Waals surface area (Å²) in [6.45, 7) is 1.80. The monoisotopic (exact) mass is 331 g/mol. The molecule has 6 nitrogen and oxygen atoms in total. The van der Waals surface area contributed by atoms with Crippen LogP contribution in [0.3, 0.4) is 0 Å². The zero-order valence-electron chi connectivity index (χ0n) is 13.1. The number of carbonyl (C=O) groups is 2. The highest BCUT2D eigenvalue weighted by Crippen LogP contribution is 2.19. The molecular weight excluding hydrogens is 313 g/mol. The first kappa shape index (κ1) is 17.3. The number of carbonyl (C=O) groups excluding carboxylic acids is 2. The van der Waals surface area contributed by atoms with Gasteiger partial charge in [-0.1, -0.05) is 18.2 Å². The van der Waals surface area contributed by atoms with Gasteiger partial charge < -0.3 is 21.1 Å². The van der Waals surface area contributed by atoms with E-state index in [0.29, 0.717) is 11.4 Å². The van der Waals surface area contributed by atoms with Crippen LogP contribution in [0.2, 0.25) is 0 Å². The van der Waals surface area contributed by atoms with Gasteiger partial charge in [-0.25, -0.2) is 9.18 Å². The molecule has 0 spiro atoms. The van der Waals surface area contributed by atoms with Crippen molar-refractivity contribution in [2.45, 2.75) is 19.6 Å². The van der Waals surface area contributed by atoms with Gasteiger partial charge in [-0.15, -0.1) is 0 Å². The van der Waals surface area contributed by atoms with Crippen molar-refractivity contribution in [1.29, 1.82) is 0 Å². The SMILES string of the molecule is C[C@@H](NC(N)=O)C(=O)Nc1cccc(OCc2ccc(F)cc2)c1. The van der Waals surface area contributed by atoms with Crippen LogP contribution in [0.15, 0.2) is 48.5 Å². The van der Waals surface area contributed by atoms with Crippen LogP contribution in [0.5, 0.6) is 5.75 Å². The van der Waals surface area contributed by atoms with Gasteiger partial charge in [0.1, 0.15) is 24.2 Å². The first-order valence-electron chi connectivity index (χ1n) is 7.28. The highest BCUT2D eigenvalue weighted by Gasteiger charge is 2.14. The molecular formula is C17H18FN3O3. The van der Waals surface area contributed by atoms with E-state index in [2.05, 4.69) is 10.6 Å². The number of halogens is 1. The van der Waals surface area contributed by atoms with E-state index < -0.39 is 18.0 Å². The van der Waals surface area contributed by atoms with E-state index in [-0.39, 0.29) is 12.4 Å². The first-order chi connectivity index (χ1) is 11.4. The highest BCUT2D eigenvalue weighted by molar-refractivity contribution is 5.96. The second kappa shape index (κ2) is 7.96. The predicted molar refractivity (Wildman–Crippen MR) is 88.0 cm³/mol. The summed E-state index contributed by atoms with van der Waals surface area (Å²) < 4.78 is 18.5. The van der Waals surface area contributed by atoms with Crippen molar-refractivity contribution in [2.75, 3.05) is 5.32 Å². The molecule has 2 aromatic rings. The van der Waals surface area contributed by atoms with E-state index in [4.69, 9.17) is 10.5 Å². The molecule has 1 atom stereocenters. The van der Waals surface area contributed by atoms with Crippen LogP contribution in [0, 0.1) is 5.82 Å². The van der Waals surface area contributed by atoms with Crippen molar-refractivity contribution in [3.05, 3.63) is 59.9 Å². The smallest absolute Gasteiger partial charge is 0.312 e. The molecule has 3 amide bonds. The molecule has 0 aliphatic rings. The van der Waals surface area contributed by atoms with Crippen LogP contribution in [-0.4, -0.2) is 18.0 Å². The van der Waals surface area contributed by atoms with Crippen molar-refractivity contribution in [3.8, 4) is 5.75 Å². The number of amides is 3.